The summed E-state index contributed by atoms with van der Waals surface area (Å²) in [5.41, 5.74) is 1.66. The molecule has 1 fully saturated rings. The average molecular weight is 339 g/mol. The third kappa shape index (κ3) is 4.64. The molecule has 1 aliphatic rings. The highest BCUT2D eigenvalue weighted by Crippen LogP contribution is 2.26. The summed E-state index contributed by atoms with van der Waals surface area (Å²) in [6.45, 7) is 3.82. The molecule has 0 bridgehead atoms. The SMILES string of the molecule is Clc1ccc2oc(SCCCCN3CCCCCC3)nc2c1. The number of aromatic nitrogens is 1. The van der Waals surface area contributed by atoms with Gasteiger partial charge in [0.1, 0.15) is 5.52 Å². The van der Waals surface area contributed by atoms with Crippen molar-refractivity contribution in [1.29, 1.82) is 0 Å². The summed E-state index contributed by atoms with van der Waals surface area (Å²) >= 11 is 7.67. The Morgan fingerprint density at radius 3 is 2.77 bits per heavy atom. The Kier molecular flexibility index (Phi) is 6.04. The van der Waals surface area contributed by atoms with Crippen molar-refractivity contribution >= 4 is 34.5 Å². The minimum absolute atomic E-state index is 0.704. The molecule has 3 rings (SSSR count). The smallest absolute Gasteiger partial charge is 0.256 e. The number of likely N-dealkylation sites (tertiary alicyclic amines) is 1. The van der Waals surface area contributed by atoms with Crippen molar-refractivity contribution in [3.05, 3.63) is 23.2 Å². The second kappa shape index (κ2) is 8.23. The number of rotatable bonds is 6. The molecule has 2 aromatic rings. The molecule has 0 unspecified atom stereocenters. The average Bonchev–Trinajstić information content (AvgIpc) is 2.73. The Morgan fingerprint density at radius 2 is 1.95 bits per heavy atom. The van der Waals surface area contributed by atoms with Crippen LogP contribution in [0.4, 0.5) is 0 Å². The van der Waals surface area contributed by atoms with Gasteiger partial charge in [0, 0.05) is 10.8 Å². The van der Waals surface area contributed by atoms with Gasteiger partial charge in [-0.15, -0.1) is 0 Å². The molecule has 120 valence electrons. The first-order valence-corrected chi connectivity index (χ1v) is 9.59. The molecule has 0 aliphatic carbocycles. The van der Waals surface area contributed by atoms with E-state index >= 15 is 0 Å². The third-order valence-corrected chi connectivity index (χ3v) is 5.27. The van der Waals surface area contributed by atoms with Crippen molar-refractivity contribution in [2.75, 3.05) is 25.4 Å². The maximum absolute atomic E-state index is 5.97. The molecule has 0 spiro atoms. The Balaban J connectivity index is 1.38. The first-order valence-electron chi connectivity index (χ1n) is 8.22. The molecular weight excluding hydrogens is 316 g/mol. The van der Waals surface area contributed by atoms with Crippen molar-refractivity contribution in [3.63, 3.8) is 0 Å². The number of benzene rings is 1. The lowest BCUT2D eigenvalue weighted by molar-refractivity contribution is 0.281. The minimum Gasteiger partial charge on any atom is -0.431 e. The van der Waals surface area contributed by atoms with Crippen LogP contribution in [0.2, 0.25) is 5.02 Å². The van der Waals surface area contributed by atoms with Crippen LogP contribution in [0.3, 0.4) is 0 Å². The van der Waals surface area contributed by atoms with E-state index in [9.17, 15) is 0 Å². The Labute approximate surface area is 141 Å². The monoisotopic (exact) mass is 338 g/mol. The van der Waals surface area contributed by atoms with Gasteiger partial charge < -0.3 is 9.32 Å². The number of hydrogen-bond acceptors (Lipinski definition) is 4. The van der Waals surface area contributed by atoms with Gasteiger partial charge in [0.05, 0.1) is 0 Å². The maximum atomic E-state index is 5.97. The lowest BCUT2D eigenvalue weighted by atomic mass is 10.2. The van der Waals surface area contributed by atoms with Crippen molar-refractivity contribution in [3.8, 4) is 0 Å². The molecule has 3 nitrogen and oxygen atoms in total. The number of hydrogen-bond donors (Lipinski definition) is 0. The summed E-state index contributed by atoms with van der Waals surface area (Å²) < 4.78 is 5.72. The number of unbranched alkanes of at least 4 members (excludes halogenated alkanes) is 1. The summed E-state index contributed by atoms with van der Waals surface area (Å²) in [5, 5.41) is 1.46. The van der Waals surface area contributed by atoms with E-state index in [1.54, 1.807) is 11.8 Å². The van der Waals surface area contributed by atoms with Crippen LogP contribution < -0.4 is 0 Å². The molecule has 22 heavy (non-hydrogen) atoms. The second-order valence-corrected chi connectivity index (χ2v) is 7.39. The summed E-state index contributed by atoms with van der Waals surface area (Å²) in [6.07, 6.45) is 8.04. The zero-order valence-corrected chi connectivity index (χ0v) is 14.5. The number of halogens is 1. The van der Waals surface area contributed by atoms with Crippen LogP contribution in [0.1, 0.15) is 38.5 Å². The maximum Gasteiger partial charge on any atom is 0.256 e. The van der Waals surface area contributed by atoms with E-state index in [1.165, 1.54) is 58.2 Å². The number of oxazole rings is 1. The summed E-state index contributed by atoms with van der Waals surface area (Å²) in [5.74, 6) is 1.06. The molecule has 0 atom stereocenters. The van der Waals surface area contributed by atoms with E-state index in [2.05, 4.69) is 9.88 Å². The number of thioether (sulfide) groups is 1. The van der Waals surface area contributed by atoms with E-state index < -0.39 is 0 Å². The molecule has 1 aromatic carbocycles. The largest absolute Gasteiger partial charge is 0.431 e. The molecule has 0 N–H and O–H groups in total. The molecule has 0 saturated carbocycles. The van der Waals surface area contributed by atoms with Gasteiger partial charge in [-0.1, -0.05) is 36.2 Å². The van der Waals surface area contributed by atoms with Gasteiger partial charge in [0.15, 0.2) is 5.58 Å². The zero-order valence-electron chi connectivity index (χ0n) is 12.9. The van der Waals surface area contributed by atoms with E-state index in [0.717, 1.165) is 22.1 Å². The molecule has 1 saturated heterocycles. The highest BCUT2D eigenvalue weighted by atomic mass is 35.5. The van der Waals surface area contributed by atoms with Gasteiger partial charge in [0.25, 0.3) is 5.22 Å². The van der Waals surface area contributed by atoms with Crippen LogP contribution in [0.15, 0.2) is 27.8 Å². The molecule has 1 aromatic heterocycles. The first kappa shape index (κ1) is 16.2. The summed E-state index contributed by atoms with van der Waals surface area (Å²) in [7, 11) is 0. The standard InChI is InChI=1S/C17H23ClN2OS/c18-14-7-8-16-15(13-14)19-17(21-16)22-12-6-5-11-20-9-3-1-2-4-10-20/h7-8,13H,1-6,9-12H2. The van der Waals surface area contributed by atoms with Crippen molar-refractivity contribution in [2.24, 2.45) is 0 Å². The van der Waals surface area contributed by atoms with Crippen LogP contribution in [0.25, 0.3) is 11.1 Å². The second-order valence-electron chi connectivity index (χ2n) is 5.90. The summed E-state index contributed by atoms with van der Waals surface area (Å²) in [6, 6.07) is 5.57. The fourth-order valence-electron chi connectivity index (χ4n) is 2.90. The molecule has 0 radical (unpaired) electrons. The van der Waals surface area contributed by atoms with Gasteiger partial charge >= 0.3 is 0 Å². The lowest BCUT2D eigenvalue weighted by Crippen LogP contribution is -2.25. The van der Waals surface area contributed by atoms with Crippen LogP contribution in [-0.4, -0.2) is 35.3 Å². The highest BCUT2D eigenvalue weighted by molar-refractivity contribution is 7.99. The van der Waals surface area contributed by atoms with Gasteiger partial charge in [-0.3, -0.25) is 0 Å². The van der Waals surface area contributed by atoms with Gasteiger partial charge in [0.2, 0.25) is 0 Å². The quantitative estimate of drug-likeness (QED) is 0.532. The van der Waals surface area contributed by atoms with E-state index in [1.807, 2.05) is 18.2 Å². The Bertz CT molecular complexity index is 593. The minimum atomic E-state index is 0.704. The predicted octanol–water partition coefficient (Wildman–Crippen LogP) is 5.23. The van der Waals surface area contributed by atoms with Crippen molar-refractivity contribution in [1.82, 2.24) is 9.88 Å². The van der Waals surface area contributed by atoms with Gasteiger partial charge in [-0.05, 0) is 63.5 Å². The third-order valence-electron chi connectivity index (χ3n) is 4.12. The fraction of sp³-hybridized carbons (Fsp3) is 0.588. The zero-order chi connectivity index (χ0) is 15.2. The first-order chi connectivity index (χ1) is 10.8. The molecular formula is C17H23ClN2OS. The van der Waals surface area contributed by atoms with E-state index in [4.69, 9.17) is 16.0 Å². The van der Waals surface area contributed by atoms with E-state index in [-0.39, 0.29) is 0 Å². The predicted molar refractivity (Wildman–Crippen MR) is 93.9 cm³/mol. The van der Waals surface area contributed by atoms with Crippen LogP contribution in [0.5, 0.6) is 0 Å². The number of nitrogens with zero attached hydrogens (tertiary/aromatic N) is 2. The van der Waals surface area contributed by atoms with Crippen molar-refractivity contribution in [2.45, 2.75) is 43.7 Å². The molecule has 0 amide bonds. The highest BCUT2D eigenvalue weighted by Gasteiger charge is 2.09. The summed E-state index contributed by atoms with van der Waals surface area (Å²) in [4.78, 5) is 7.10. The lowest BCUT2D eigenvalue weighted by Gasteiger charge is -2.19. The van der Waals surface area contributed by atoms with E-state index in [0.29, 0.717) is 5.02 Å². The Hall–Kier alpha value is -0.710. The Morgan fingerprint density at radius 1 is 1.14 bits per heavy atom. The van der Waals surface area contributed by atoms with Crippen LogP contribution in [-0.2, 0) is 0 Å². The fourth-order valence-corrected chi connectivity index (χ4v) is 3.90. The topological polar surface area (TPSA) is 29.3 Å². The van der Waals surface area contributed by atoms with Crippen LogP contribution in [0, 0.1) is 0 Å². The normalized spacial score (nSPS) is 17.0. The molecule has 1 aliphatic heterocycles. The number of fused-ring (bicyclic) bond motifs is 1. The van der Waals surface area contributed by atoms with Crippen molar-refractivity contribution < 1.29 is 4.42 Å². The van der Waals surface area contributed by atoms with Crippen LogP contribution >= 0.6 is 23.4 Å². The van der Waals surface area contributed by atoms with Gasteiger partial charge in [-0.25, -0.2) is 4.98 Å². The van der Waals surface area contributed by atoms with Gasteiger partial charge in [-0.2, -0.15) is 0 Å². The molecule has 5 heteroatoms. The molecule has 2 heterocycles.